The molecule has 1 N–H and O–H groups in total. The van der Waals surface area contributed by atoms with E-state index in [4.69, 9.17) is 4.42 Å². The van der Waals surface area contributed by atoms with Crippen molar-refractivity contribution in [3.05, 3.63) is 59.5 Å². The lowest BCUT2D eigenvalue weighted by molar-refractivity contribution is 0.0851. The molecule has 1 amide bonds. The second kappa shape index (κ2) is 7.64. The zero-order chi connectivity index (χ0) is 16.9. The maximum atomic E-state index is 12.4. The Morgan fingerprint density at radius 1 is 1.17 bits per heavy atom. The molecule has 0 aliphatic carbocycles. The van der Waals surface area contributed by atoms with Crippen molar-refractivity contribution in [1.82, 2.24) is 15.1 Å². The van der Waals surface area contributed by atoms with Crippen molar-refractivity contribution in [2.24, 2.45) is 0 Å². The highest BCUT2D eigenvalue weighted by Crippen LogP contribution is 2.22. The summed E-state index contributed by atoms with van der Waals surface area (Å²) in [7, 11) is 2.14. The normalized spacial score (nSPS) is 17.6. The van der Waals surface area contributed by atoms with Gasteiger partial charge in [-0.05, 0) is 38.2 Å². The van der Waals surface area contributed by atoms with Gasteiger partial charge in [0, 0.05) is 38.3 Å². The third kappa shape index (κ3) is 4.04. The number of furan rings is 1. The van der Waals surface area contributed by atoms with E-state index < -0.39 is 0 Å². The Kier molecular flexibility index (Phi) is 5.33. The van der Waals surface area contributed by atoms with E-state index in [-0.39, 0.29) is 11.9 Å². The van der Waals surface area contributed by atoms with Gasteiger partial charge in [0.25, 0.3) is 5.91 Å². The molecule has 5 heteroatoms. The van der Waals surface area contributed by atoms with E-state index >= 15 is 0 Å². The van der Waals surface area contributed by atoms with E-state index in [1.807, 2.05) is 43.3 Å². The molecule has 0 radical (unpaired) electrons. The molecule has 128 valence electrons. The Morgan fingerprint density at radius 3 is 2.50 bits per heavy atom. The van der Waals surface area contributed by atoms with Crippen LogP contribution in [0.15, 0.2) is 47.1 Å². The van der Waals surface area contributed by atoms with E-state index in [9.17, 15) is 4.79 Å². The quantitative estimate of drug-likeness (QED) is 0.915. The number of benzene rings is 1. The first kappa shape index (κ1) is 16.7. The van der Waals surface area contributed by atoms with Crippen molar-refractivity contribution >= 4 is 5.91 Å². The van der Waals surface area contributed by atoms with Gasteiger partial charge in [0.1, 0.15) is 5.76 Å². The summed E-state index contributed by atoms with van der Waals surface area (Å²) in [5.41, 5.74) is 1.84. The van der Waals surface area contributed by atoms with Gasteiger partial charge in [0.15, 0.2) is 0 Å². The Bertz CT molecular complexity index is 644. The van der Waals surface area contributed by atoms with Gasteiger partial charge < -0.3 is 14.6 Å². The van der Waals surface area contributed by atoms with Crippen LogP contribution in [-0.4, -0.2) is 55.5 Å². The first-order valence-electron chi connectivity index (χ1n) is 8.44. The zero-order valence-electron chi connectivity index (χ0n) is 14.4. The number of piperazine rings is 1. The molecule has 1 atom stereocenters. The molecule has 1 aromatic carbocycles. The SMILES string of the molecule is Cc1ccc(C(=O)NCC(c2ccco2)N2CCN(C)CC2)cc1. The molecule has 1 aliphatic rings. The lowest BCUT2D eigenvalue weighted by atomic mass is 10.1. The van der Waals surface area contributed by atoms with E-state index in [2.05, 4.69) is 22.2 Å². The average molecular weight is 327 g/mol. The number of nitrogens with one attached hydrogen (secondary N) is 1. The minimum Gasteiger partial charge on any atom is -0.468 e. The molecular weight excluding hydrogens is 302 g/mol. The van der Waals surface area contributed by atoms with Crippen molar-refractivity contribution in [2.45, 2.75) is 13.0 Å². The minimum atomic E-state index is -0.0410. The van der Waals surface area contributed by atoms with Crippen LogP contribution in [-0.2, 0) is 0 Å². The van der Waals surface area contributed by atoms with Gasteiger partial charge in [-0.1, -0.05) is 17.7 Å². The zero-order valence-corrected chi connectivity index (χ0v) is 14.4. The third-order valence-electron chi connectivity index (χ3n) is 4.62. The maximum absolute atomic E-state index is 12.4. The number of likely N-dealkylation sites (N-methyl/N-ethyl adjacent to an activating group) is 1. The topological polar surface area (TPSA) is 48.7 Å². The molecule has 2 heterocycles. The molecule has 3 rings (SSSR count). The molecule has 24 heavy (non-hydrogen) atoms. The Balaban J connectivity index is 1.66. The fraction of sp³-hybridized carbons (Fsp3) is 0.421. The molecular formula is C19H25N3O2. The molecule has 0 bridgehead atoms. The summed E-state index contributed by atoms with van der Waals surface area (Å²) in [6.45, 7) is 6.57. The van der Waals surface area contributed by atoms with Crippen LogP contribution in [0.5, 0.6) is 0 Å². The average Bonchev–Trinajstić information content (AvgIpc) is 3.11. The summed E-state index contributed by atoms with van der Waals surface area (Å²) >= 11 is 0. The van der Waals surface area contributed by atoms with Gasteiger partial charge in [-0.15, -0.1) is 0 Å². The van der Waals surface area contributed by atoms with E-state index in [1.54, 1.807) is 6.26 Å². The van der Waals surface area contributed by atoms with Crippen molar-refractivity contribution < 1.29 is 9.21 Å². The van der Waals surface area contributed by atoms with E-state index in [0.717, 1.165) is 37.5 Å². The molecule has 2 aromatic rings. The minimum absolute atomic E-state index is 0.0410. The van der Waals surface area contributed by atoms with Gasteiger partial charge in [-0.3, -0.25) is 9.69 Å². The highest BCUT2D eigenvalue weighted by atomic mass is 16.3. The Hall–Kier alpha value is -2.11. The number of aryl methyl sites for hydroxylation is 1. The second-order valence-corrected chi connectivity index (χ2v) is 6.45. The lowest BCUT2D eigenvalue weighted by Gasteiger charge is -2.37. The largest absolute Gasteiger partial charge is 0.468 e. The number of carbonyl (C=O) groups is 1. The fourth-order valence-corrected chi connectivity index (χ4v) is 3.02. The van der Waals surface area contributed by atoms with E-state index in [0.29, 0.717) is 12.1 Å². The van der Waals surface area contributed by atoms with Gasteiger partial charge in [0.05, 0.1) is 12.3 Å². The fourth-order valence-electron chi connectivity index (χ4n) is 3.02. The smallest absolute Gasteiger partial charge is 0.251 e. The Morgan fingerprint density at radius 2 is 1.88 bits per heavy atom. The third-order valence-corrected chi connectivity index (χ3v) is 4.62. The number of rotatable bonds is 5. The molecule has 0 spiro atoms. The first-order valence-corrected chi connectivity index (χ1v) is 8.44. The van der Waals surface area contributed by atoms with Crippen LogP contribution in [0.25, 0.3) is 0 Å². The maximum Gasteiger partial charge on any atom is 0.251 e. The predicted molar refractivity (Wildman–Crippen MR) is 94.0 cm³/mol. The molecule has 1 fully saturated rings. The van der Waals surface area contributed by atoms with Gasteiger partial charge in [-0.2, -0.15) is 0 Å². The molecule has 1 saturated heterocycles. The number of amides is 1. The van der Waals surface area contributed by atoms with Crippen LogP contribution in [0.3, 0.4) is 0 Å². The molecule has 1 aromatic heterocycles. The standard InChI is InChI=1S/C19H25N3O2/c1-15-5-7-16(8-6-15)19(23)20-14-17(18-4-3-13-24-18)22-11-9-21(2)10-12-22/h3-8,13,17H,9-12,14H2,1-2H3,(H,20,23). The lowest BCUT2D eigenvalue weighted by Crippen LogP contribution is -2.48. The van der Waals surface area contributed by atoms with Gasteiger partial charge in [0.2, 0.25) is 0 Å². The van der Waals surface area contributed by atoms with Crippen LogP contribution in [0, 0.1) is 6.92 Å². The van der Waals surface area contributed by atoms with Crippen LogP contribution in [0.1, 0.15) is 27.7 Å². The first-order chi connectivity index (χ1) is 11.6. The highest BCUT2D eigenvalue weighted by molar-refractivity contribution is 5.94. The monoisotopic (exact) mass is 327 g/mol. The molecule has 1 aliphatic heterocycles. The summed E-state index contributed by atoms with van der Waals surface area (Å²) in [6.07, 6.45) is 1.69. The number of nitrogens with zero attached hydrogens (tertiary/aromatic N) is 2. The summed E-state index contributed by atoms with van der Waals surface area (Å²) in [6, 6.07) is 11.6. The van der Waals surface area contributed by atoms with Crippen molar-refractivity contribution in [1.29, 1.82) is 0 Å². The molecule has 1 unspecified atom stereocenters. The van der Waals surface area contributed by atoms with Crippen LogP contribution < -0.4 is 5.32 Å². The summed E-state index contributed by atoms with van der Waals surface area (Å²) in [4.78, 5) is 17.1. The predicted octanol–water partition coefficient (Wildman–Crippen LogP) is 2.31. The van der Waals surface area contributed by atoms with Crippen LogP contribution in [0.2, 0.25) is 0 Å². The number of carbonyl (C=O) groups excluding carboxylic acids is 1. The van der Waals surface area contributed by atoms with E-state index in [1.165, 1.54) is 0 Å². The Labute approximate surface area is 143 Å². The number of hydrogen-bond donors (Lipinski definition) is 1. The van der Waals surface area contributed by atoms with Gasteiger partial charge >= 0.3 is 0 Å². The van der Waals surface area contributed by atoms with Crippen molar-refractivity contribution in [3.8, 4) is 0 Å². The summed E-state index contributed by atoms with van der Waals surface area (Å²) < 4.78 is 5.62. The van der Waals surface area contributed by atoms with Gasteiger partial charge in [-0.25, -0.2) is 0 Å². The molecule has 0 saturated carbocycles. The van der Waals surface area contributed by atoms with Crippen LogP contribution in [0.4, 0.5) is 0 Å². The van der Waals surface area contributed by atoms with Crippen LogP contribution >= 0.6 is 0 Å². The van der Waals surface area contributed by atoms with Crippen molar-refractivity contribution in [3.63, 3.8) is 0 Å². The summed E-state index contributed by atoms with van der Waals surface area (Å²) in [5.74, 6) is 0.865. The summed E-state index contributed by atoms with van der Waals surface area (Å²) in [5, 5.41) is 3.06. The highest BCUT2D eigenvalue weighted by Gasteiger charge is 2.26. The molecule has 5 nitrogen and oxygen atoms in total. The second-order valence-electron chi connectivity index (χ2n) is 6.45. The number of hydrogen-bond acceptors (Lipinski definition) is 4. The van der Waals surface area contributed by atoms with Crippen molar-refractivity contribution in [2.75, 3.05) is 39.8 Å².